The number of benzene rings is 2. The summed E-state index contributed by atoms with van der Waals surface area (Å²) in [6.07, 6.45) is 4.98. The van der Waals surface area contributed by atoms with E-state index in [1.807, 2.05) is 0 Å². The number of hydrogen-bond acceptors (Lipinski definition) is 5. The van der Waals surface area contributed by atoms with Crippen LogP contribution in [0.3, 0.4) is 0 Å². The molecule has 0 bridgehead atoms. The molecule has 1 aliphatic carbocycles. The van der Waals surface area contributed by atoms with E-state index >= 15 is 0 Å². The monoisotopic (exact) mass is 447 g/mol. The maximum Gasteiger partial charge on any atom is 0.257 e. The second-order valence-electron chi connectivity index (χ2n) is 7.40. The molecule has 1 fully saturated rings. The number of anilines is 1. The zero-order chi connectivity index (χ0) is 21.3. The Kier molecular flexibility index (Phi) is 5.86. The van der Waals surface area contributed by atoms with Crippen LogP contribution in [-0.2, 0) is 10.0 Å². The summed E-state index contributed by atoms with van der Waals surface area (Å²) in [7, 11) is -1.99. The summed E-state index contributed by atoms with van der Waals surface area (Å²) >= 11 is 1.18. The van der Waals surface area contributed by atoms with Crippen molar-refractivity contribution in [2.24, 2.45) is 0 Å². The van der Waals surface area contributed by atoms with E-state index in [4.69, 9.17) is 0 Å². The molecule has 1 heterocycles. The van der Waals surface area contributed by atoms with Gasteiger partial charge in [0.05, 0.1) is 9.60 Å². The third-order valence-electron chi connectivity index (χ3n) is 5.47. The van der Waals surface area contributed by atoms with Gasteiger partial charge >= 0.3 is 0 Å². The van der Waals surface area contributed by atoms with E-state index in [1.165, 1.54) is 46.0 Å². The Morgan fingerprint density at radius 1 is 1.13 bits per heavy atom. The number of nitrogens with zero attached hydrogens (tertiary/aromatic N) is 2. The van der Waals surface area contributed by atoms with Crippen molar-refractivity contribution in [3.8, 4) is 0 Å². The third-order valence-corrected chi connectivity index (χ3v) is 8.33. The first-order chi connectivity index (χ1) is 14.4. The molecule has 1 aromatic heterocycles. The molecule has 1 N–H and O–H groups in total. The highest BCUT2D eigenvalue weighted by Gasteiger charge is 2.29. The number of para-hydroxylation sites is 1. The van der Waals surface area contributed by atoms with Gasteiger partial charge in [0.2, 0.25) is 10.0 Å². The zero-order valence-corrected chi connectivity index (χ0v) is 18.1. The number of rotatable bonds is 5. The molecule has 1 saturated carbocycles. The molecule has 30 heavy (non-hydrogen) atoms. The normalized spacial score (nSPS) is 15.6. The lowest BCUT2D eigenvalue weighted by Gasteiger charge is -2.30. The van der Waals surface area contributed by atoms with E-state index in [0.29, 0.717) is 10.3 Å². The summed E-state index contributed by atoms with van der Waals surface area (Å²) in [5.41, 5.74) is 0.513. The van der Waals surface area contributed by atoms with Crippen molar-refractivity contribution in [1.29, 1.82) is 0 Å². The Bertz CT molecular complexity index is 1170. The Hall–Kier alpha value is -2.36. The number of fused-ring (bicyclic) bond motifs is 1. The van der Waals surface area contributed by atoms with Crippen molar-refractivity contribution in [2.75, 3.05) is 12.4 Å². The molecule has 0 unspecified atom stereocenters. The molecule has 0 aliphatic heterocycles. The van der Waals surface area contributed by atoms with Crippen molar-refractivity contribution in [2.45, 2.75) is 43.0 Å². The number of halogens is 1. The smallest absolute Gasteiger partial charge is 0.257 e. The molecule has 0 saturated heterocycles. The number of aromatic nitrogens is 1. The maximum absolute atomic E-state index is 13.8. The van der Waals surface area contributed by atoms with Crippen LogP contribution in [0.2, 0.25) is 0 Å². The number of hydrogen-bond donors (Lipinski definition) is 1. The largest absolute Gasteiger partial charge is 0.298 e. The predicted octanol–water partition coefficient (Wildman–Crippen LogP) is 4.64. The van der Waals surface area contributed by atoms with Crippen LogP contribution < -0.4 is 5.32 Å². The second kappa shape index (κ2) is 8.41. The molecule has 158 valence electrons. The summed E-state index contributed by atoms with van der Waals surface area (Å²) in [5.74, 6) is -0.875. The van der Waals surface area contributed by atoms with Crippen molar-refractivity contribution < 1.29 is 17.6 Å². The van der Waals surface area contributed by atoms with E-state index in [-0.39, 0.29) is 21.6 Å². The lowest BCUT2D eigenvalue weighted by Crippen LogP contribution is -2.38. The van der Waals surface area contributed by atoms with Crippen LogP contribution in [-0.4, -0.2) is 36.7 Å². The Balaban J connectivity index is 1.49. The third kappa shape index (κ3) is 4.10. The van der Waals surface area contributed by atoms with Crippen LogP contribution in [0.25, 0.3) is 10.2 Å². The van der Waals surface area contributed by atoms with Gasteiger partial charge in [-0.05, 0) is 49.2 Å². The van der Waals surface area contributed by atoms with E-state index in [0.717, 1.165) is 32.1 Å². The summed E-state index contributed by atoms with van der Waals surface area (Å²) < 4.78 is 41.7. The predicted molar refractivity (Wildman–Crippen MR) is 116 cm³/mol. The lowest BCUT2D eigenvalue weighted by molar-refractivity contribution is 0.102. The van der Waals surface area contributed by atoms with Gasteiger partial charge < -0.3 is 0 Å². The Morgan fingerprint density at radius 3 is 2.50 bits per heavy atom. The zero-order valence-electron chi connectivity index (χ0n) is 16.5. The molecular weight excluding hydrogens is 425 g/mol. The average Bonchev–Trinajstić information content (AvgIpc) is 3.17. The molecule has 6 nitrogen and oxygen atoms in total. The minimum Gasteiger partial charge on any atom is -0.298 e. The van der Waals surface area contributed by atoms with Crippen molar-refractivity contribution in [1.82, 2.24) is 9.29 Å². The van der Waals surface area contributed by atoms with Crippen LogP contribution in [0.5, 0.6) is 0 Å². The quantitative estimate of drug-likeness (QED) is 0.618. The fraction of sp³-hybridized carbons (Fsp3) is 0.333. The summed E-state index contributed by atoms with van der Waals surface area (Å²) in [6.45, 7) is 0. The molecule has 0 spiro atoms. The van der Waals surface area contributed by atoms with Gasteiger partial charge in [-0.3, -0.25) is 10.1 Å². The first-order valence-corrected chi connectivity index (χ1v) is 12.1. The van der Waals surface area contributed by atoms with Gasteiger partial charge in [0.1, 0.15) is 11.3 Å². The summed E-state index contributed by atoms with van der Waals surface area (Å²) in [4.78, 5) is 16.8. The number of carbonyl (C=O) groups is 1. The molecule has 2 aromatic carbocycles. The summed E-state index contributed by atoms with van der Waals surface area (Å²) in [6, 6.07) is 10.5. The highest BCUT2D eigenvalue weighted by atomic mass is 32.2. The van der Waals surface area contributed by atoms with Gasteiger partial charge in [-0.1, -0.05) is 36.7 Å². The van der Waals surface area contributed by atoms with Gasteiger partial charge in [-0.15, -0.1) is 0 Å². The SMILES string of the molecule is CN(C1CCCCC1)S(=O)(=O)c1ccc(C(=O)Nc2nc3c(F)cccc3s2)cc1. The second-order valence-corrected chi connectivity index (χ2v) is 10.4. The molecule has 1 amide bonds. The standard InChI is InChI=1S/C21H22FN3O3S2/c1-25(15-6-3-2-4-7-15)30(27,28)16-12-10-14(11-13-16)20(26)24-21-23-19-17(22)8-5-9-18(19)29-21/h5,8-13,15H,2-4,6-7H2,1H3,(H,23,24,26). The molecule has 4 rings (SSSR count). The minimum absolute atomic E-state index is 0.0196. The molecule has 9 heteroatoms. The highest BCUT2D eigenvalue weighted by Crippen LogP contribution is 2.29. The average molecular weight is 448 g/mol. The Labute approximate surface area is 178 Å². The fourth-order valence-corrected chi connectivity index (χ4v) is 6.01. The molecule has 1 aliphatic rings. The van der Waals surface area contributed by atoms with E-state index < -0.39 is 21.7 Å². The van der Waals surface area contributed by atoms with Crippen LogP contribution in [0.1, 0.15) is 42.5 Å². The number of thiazole rings is 1. The van der Waals surface area contributed by atoms with Gasteiger partial charge in [0.15, 0.2) is 5.13 Å². The fourth-order valence-electron chi connectivity index (χ4n) is 3.72. The minimum atomic E-state index is -3.61. The van der Waals surface area contributed by atoms with Crippen LogP contribution in [0.15, 0.2) is 47.4 Å². The number of nitrogens with one attached hydrogen (secondary N) is 1. The first-order valence-electron chi connectivity index (χ1n) is 9.81. The van der Waals surface area contributed by atoms with Crippen molar-refractivity contribution in [3.63, 3.8) is 0 Å². The molecule has 0 radical (unpaired) electrons. The molecule has 3 aromatic rings. The number of carbonyl (C=O) groups excluding carboxylic acids is 1. The summed E-state index contributed by atoms with van der Waals surface area (Å²) in [5, 5.41) is 2.94. The molecular formula is C21H22FN3O3S2. The van der Waals surface area contributed by atoms with Gasteiger partial charge in [0.25, 0.3) is 5.91 Å². The van der Waals surface area contributed by atoms with E-state index in [1.54, 1.807) is 19.2 Å². The van der Waals surface area contributed by atoms with Crippen LogP contribution in [0.4, 0.5) is 9.52 Å². The van der Waals surface area contributed by atoms with E-state index in [2.05, 4.69) is 10.3 Å². The van der Waals surface area contributed by atoms with Crippen molar-refractivity contribution >= 4 is 42.6 Å². The van der Waals surface area contributed by atoms with Gasteiger partial charge in [0, 0.05) is 18.7 Å². The van der Waals surface area contributed by atoms with E-state index in [9.17, 15) is 17.6 Å². The Morgan fingerprint density at radius 2 is 1.83 bits per heavy atom. The van der Waals surface area contributed by atoms with Gasteiger partial charge in [-0.25, -0.2) is 17.8 Å². The van der Waals surface area contributed by atoms with Crippen molar-refractivity contribution in [3.05, 3.63) is 53.8 Å². The number of amides is 1. The highest BCUT2D eigenvalue weighted by molar-refractivity contribution is 7.89. The first kappa shape index (κ1) is 20.9. The number of sulfonamides is 1. The molecule has 0 atom stereocenters. The maximum atomic E-state index is 13.8. The van der Waals surface area contributed by atoms with Crippen LogP contribution in [0, 0.1) is 5.82 Å². The topological polar surface area (TPSA) is 79.4 Å². The lowest BCUT2D eigenvalue weighted by atomic mass is 9.96. The van der Waals surface area contributed by atoms with Crippen LogP contribution >= 0.6 is 11.3 Å². The van der Waals surface area contributed by atoms with Gasteiger partial charge in [-0.2, -0.15) is 4.31 Å².